The summed E-state index contributed by atoms with van der Waals surface area (Å²) in [5.74, 6) is 0.914. The molecule has 1 aromatic rings. The van der Waals surface area contributed by atoms with E-state index in [0.29, 0.717) is 0 Å². The molecule has 94 valence electrons. The van der Waals surface area contributed by atoms with Crippen LogP contribution in [0.15, 0.2) is 24.3 Å². The number of hydrogen-bond acceptors (Lipinski definition) is 2. The molecule has 0 saturated carbocycles. The summed E-state index contributed by atoms with van der Waals surface area (Å²) >= 11 is 0. The molecule has 1 heterocycles. The zero-order chi connectivity index (χ0) is 11.9. The SMILES string of the molecule is COc1ccc(C2CCCCCCCO2)cc1. The molecule has 0 amide bonds. The van der Waals surface area contributed by atoms with Gasteiger partial charge >= 0.3 is 0 Å². The molecule has 17 heavy (non-hydrogen) atoms. The van der Waals surface area contributed by atoms with Gasteiger partial charge in [0.15, 0.2) is 0 Å². The minimum atomic E-state index is 0.277. The van der Waals surface area contributed by atoms with Crippen molar-refractivity contribution in [1.82, 2.24) is 0 Å². The van der Waals surface area contributed by atoms with Crippen molar-refractivity contribution in [3.63, 3.8) is 0 Å². The number of methoxy groups -OCH3 is 1. The zero-order valence-corrected chi connectivity index (χ0v) is 10.7. The summed E-state index contributed by atoms with van der Waals surface area (Å²) in [6.45, 7) is 0.899. The molecular weight excluding hydrogens is 212 g/mol. The van der Waals surface area contributed by atoms with E-state index in [0.717, 1.165) is 18.8 Å². The molecule has 0 radical (unpaired) electrons. The van der Waals surface area contributed by atoms with Crippen LogP contribution < -0.4 is 4.74 Å². The molecule has 1 saturated heterocycles. The fraction of sp³-hybridized carbons (Fsp3) is 0.600. The highest BCUT2D eigenvalue weighted by Crippen LogP contribution is 2.27. The third-order valence-corrected chi connectivity index (χ3v) is 3.42. The minimum absolute atomic E-state index is 0.277. The van der Waals surface area contributed by atoms with Crippen molar-refractivity contribution in [3.8, 4) is 5.75 Å². The van der Waals surface area contributed by atoms with Crippen molar-refractivity contribution >= 4 is 0 Å². The summed E-state index contributed by atoms with van der Waals surface area (Å²) in [6.07, 6.45) is 7.92. The maximum Gasteiger partial charge on any atom is 0.118 e. The molecule has 0 aromatic heterocycles. The Kier molecular flexibility index (Phi) is 4.87. The highest BCUT2D eigenvalue weighted by atomic mass is 16.5. The largest absolute Gasteiger partial charge is 0.497 e. The Morgan fingerprint density at radius 2 is 1.71 bits per heavy atom. The molecule has 2 nitrogen and oxygen atoms in total. The predicted molar refractivity (Wildman–Crippen MR) is 69.4 cm³/mol. The van der Waals surface area contributed by atoms with Crippen LogP contribution in [0.5, 0.6) is 5.75 Å². The Bertz CT molecular complexity index is 308. The normalized spacial score (nSPS) is 22.3. The zero-order valence-electron chi connectivity index (χ0n) is 10.7. The van der Waals surface area contributed by atoms with Crippen molar-refractivity contribution in [3.05, 3.63) is 29.8 Å². The van der Waals surface area contributed by atoms with Gasteiger partial charge in [0.2, 0.25) is 0 Å². The summed E-state index contributed by atoms with van der Waals surface area (Å²) in [7, 11) is 1.70. The lowest BCUT2D eigenvalue weighted by Gasteiger charge is -2.17. The minimum Gasteiger partial charge on any atom is -0.497 e. The summed E-state index contributed by atoms with van der Waals surface area (Å²) < 4.78 is 11.2. The summed E-state index contributed by atoms with van der Waals surface area (Å²) in [5, 5.41) is 0. The van der Waals surface area contributed by atoms with E-state index in [1.165, 1.54) is 37.7 Å². The van der Waals surface area contributed by atoms with Gasteiger partial charge in [-0.15, -0.1) is 0 Å². The molecule has 0 N–H and O–H groups in total. The lowest BCUT2D eigenvalue weighted by molar-refractivity contribution is 0.0461. The third-order valence-electron chi connectivity index (χ3n) is 3.42. The highest BCUT2D eigenvalue weighted by Gasteiger charge is 2.13. The molecule has 1 fully saturated rings. The van der Waals surface area contributed by atoms with Gasteiger partial charge in [0.1, 0.15) is 5.75 Å². The first-order valence-corrected chi connectivity index (χ1v) is 6.66. The van der Waals surface area contributed by atoms with Crippen molar-refractivity contribution in [2.75, 3.05) is 13.7 Å². The van der Waals surface area contributed by atoms with Gasteiger partial charge in [0.05, 0.1) is 13.2 Å². The van der Waals surface area contributed by atoms with Crippen LogP contribution in [0, 0.1) is 0 Å². The average Bonchev–Trinajstić information content (AvgIpc) is 2.52. The first-order valence-electron chi connectivity index (χ1n) is 6.66. The van der Waals surface area contributed by atoms with Gasteiger partial charge in [-0.05, 0) is 30.5 Å². The summed E-state index contributed by atoms with van der Waals surface area (Å²) in [6, 6.07) is 8.29. The van der Waals surface area contributed by atoms with Gasteiger partial charge in [-0.2, -0.15) is 0 Å². The predicted octanol–water partition coefficient (Wildman–Crippen LogP) is 4.11. The van der Waals surface area contributed by atoms with Crippen LogP contribution in [-0.4, -0.2) is 13.7 Å². The molecule has 1 aliphatic rings. The van der Waals surface area contributed by atoms with Crippen LogP contribution in [0.3, 0.4) is 0 Å². The Morgan fingerprint density at radius 3 is 2.47 bits per heavy atom. The van der Waals surface area contributed by atoms with Crippen LogP contribution >= 0.6 is 0 Å². The van der Waals surface area contributed by atoms with Crippen molar-refractivity contribution in [2.45, 2.75) is 44.6 Å². The smallest absolute Gasteiger partial charge is 0.118 e. The van der Waals surface area contributed by atoms with Crippen LogP contribution in [-0.2, 0) is 4.74 Å². The van der Waals surface area contributed by atoms with E-state index >= 15 is 0 Å². The van der Waals surface area contributed by atoms with Gasteiger partial charge in [0.25, 0.3) is 0 Å². The van der Waals surface area contributed by atoms with Gasteiger partial charge in [-0.25, -0.2) is 0 Å². The second-order valence-corrected chi connectivity index (χ2v) is 4.69. The van der Waals surface area contributed by atoms with Crippen LogP contribution in [0.1, 0.15) is 50.2 Å². The van der Waals surface area contributed by atoms with Crippen LogP contribution in [0.25, 0.3) is 0 Å². The molecule has 0 spiro atoms. The van der Waals surface area contributed by atoms with E-state index < -0.39 is 0 Å². The molecule has 2 heteroatoms. The highest BCUT2D eigenvalue weighted by molar-refractivity contribution is 5.28. The maximum absolute atomic E-state index is 5.98. The fourth-order valence-electron chi connectivity index (χ4n) is 2.35. The average molecular weight is 234 g/mol. The van der Waals surface area contributed by atoms with Crippen LogP contribution in [0.2, 0.25) is 0 Å². The number of benzene rings is 1. The molecule has 0 bridgehead atoms. The Morgan fingerprint density at radius 1 is 1.00 bits per heavy atom. The van der Waals surface area contributed by atoms with E-state index in [2.05, 4.69) is 12.1 Å². The van der Waals surface area contributed by atoms with Crippen molar-refractivity contribution < 1.29 is 9.47 Å². The molecular formula is C15H22O2. The van der Waals surface area contributed by atoms with Crippen molar-refractivity contribution in [2.24, 2.45) is 0 Å². The van der Waals surface area contributed by atoms with Crippen LogP contribution in [0.4, 0.5) is 0 Å². The quantitative estimate of drug-likeness (QED) is 0.766. The summed E-state index contributed by atoms with van der Waals surface area (Å²) in [5.41, 5.74) is 1.28. The van der Waals surface area contributed by atoms with Crippen molar-refractivity contribution in [1.29, 1.82) is 0 Å². The monoisotopic (exact) mass is 234 g/mol. The molecule has 1 aromatic carbocycles. The van der Waals surface area contributed by atoms with Gasteiger partial charge in [-0.3, -0.25) is 0 Å². The fourth-order valence-corrected chi connectivity index (χ4v) is 2.35. The van der Waals surface area contributed by atoms with E-state index in [4.69, 9.17) is 9.47 Å². The summed E-state index contributed by atoms with van der Waals surface area (Å²) in [4.78, 5) is 0. The van der Waals surface area contributed by atoms with E-state index in [9.17, 15) is 0 Å². The molecule has 0 aliphatic carbocycles. The maximum atomic E-state index is 5.98. The number of hydrogen-bond donors (Lipinski definition) is 0. The first-order chi connectivity index (χ1) is 8.40. The Labute approximate surface area is 104 Å². The first kappa shape index (κ1) is 12.4. The second kappa shape index (κ2) is 6.65. The van der Waals surface area contributed by atoms with Gasteiger partial charge in [-0.1, -0.05) is 37.8 Å². The lowest BCUT2D eigenvalue weighted by Crippen LogP contribution is -2.05. The Balaban J connectivity index is 2.01. The second-order valence-electron chi connectivity index (χ2n) is 4.69. The standard InChI is InChI=1S/C15H22O2/c1-16-14-10-8-13(9-11-14)15-7-5-3-2-4-6-12-17-15/h8-11,15H,2-7,12H2,1H3. The van der Waals surface area contributed by atoms with E-state index in [1.54, 1.807) is 7.11 Å². The molecule has 1 unspecified atom stereocenters. The molecule has 1 aliphatic heterocycles. The molecule has 1 atom stereocenters. The van der Waals surface area contributed by atoms with Gasteiger partial charge in [0, 0.05) is 6.61 Å². The van der Waals surface area contributed by atoms with E-state index in [1.807, 2.05) is 12.1 Å². The Hall–Kier alpha value is -1.02. The van der Waals surface area contributed by atoms with Gasteiger partial charge < -0.3 is 9.47 Å². The molecule has 2 rings (SSSR count). The topological polar surface area (TPSA) is 18.5 Å². The third kappa shape index (κ3) is 3.74. The lowest BCUT2D eigenvalue weighted by atomic mass is 10.0. The van der Waals surface area contributed by atoms with E-state index in [-0.39, 0.29) is 6.10 Å². The number of rotatable bonds is 2. The number of ether oxygens (including phenoxy) is 2.